The Labute approximate surface area is 167 Å². The fourth-order valence-corrected chi connectivity index (χ4v) is 3.58. The van der Waals surface area contributed by atoms with Crippen LogP contribution in [-0.2, 0) is 16.0 Å². The lowest BCUT2D eigenvalue weighted by molar-refractivity contribution is -0.145. The summed E-state index contributed by atoms with van der Waals surface area (Å²) in [4.78, 5) is 48.3. The van der Waals surface area contributed by atoms with E-state index < -0.39 is 12.1 Å². The summed E-state index contributed by atoms with van der Waals surface area (Å²) in [5.74, 6) is -0.600. The van der Waals surface area contributed by atoms with Crippen LogP contribution in [0.3, 0.4) is 0 Å². The van der Waals surface area contributed by atoms with E-state index in [9.17, 15) is 14.4 Å². The average molecular weight is 397 g/mol. The Kier molecular flexibility index (Phi) is 5.32. The molecular formula is C20H23N5O4. The number of ether oxygens (including phenoxy) is 1. The lowest BCUT2D eigenvalue weighted by Gasteiger charge is -2.14. The van der Waals surface area contributed by atoms with Gasteiger partial charge >= 0.3 is 5.97 Å². The zero-order valence-electron chi connectivity index (χ0n) is 17.3. The number of aromatic amines is 1. The van der Waals surface area contributed by atoms with E-state index in [-0.39, 0.29) is 23.7 Å². The minimum atomic E-state index is -0.997. The number of esters is 1. The van der Waals surface area contributed by atoms with Crippen molar-refractivity contribution < 1.29 is 19.1 Å². The molecule has 0 fully saturated rings. The van der Waals surface area contributed by atoms with Crippen LogP contribution in [0.25, 0.3) is 5.78 Å². The van der Waals surface area contributed by atoms with Gasteiger partial charge in [-0.05, 0) is 47.1 Å². The Balaban J connectivity index is 1.77. The molecule has 0 saturated heterocycles. The second kappa shape index (κ2) is 7.57. The van der Waals surface area contributed by atoms with Gasteiger partial charge in [0.05, 0.1) is 12.1 Å². The highest BCUT2D eigenvalue weighted by Crippen LogP contribution is 2.21. The molecule has 152 valence electrons. The van der Waals surface area contributed by atoms with Crippen LogP contribution >= 0.6 is 0 Å². The molecule has 0 spiro atoms. The fraction of sp³-hybridized carbons (Fsp3) is 0.400. The van der Waals surface area contributed by atoms with Gasteiger partial charge in [-0.25, -0.2) is 9.50 Å². The summed E-state index contributed by atoms with van der Waals surface area (Å²) in [5.41, 5.74) is 4.03. The van der Waals surface area contributed by atoms with Gasteiger partial charge in [-0.1, -0.05) is 0 Å². The van der Waals surface area contributed by atoms with Crippen molar-refractivity contribution in [2.45, 2.75) is 54.1 Å². The molecule has 0 radical (unpaired) electrons. The van der Waals surface area contributed by atoms with Gasteiger partial charge < -0.3 is 9.72 Å². The maximum Gasteiger partial charge on any atom is 0.311 e. The van der Waals surface area contributed by atoms with Crippen LogP contribution in [-0.4, -0.2) is 48.2 Å². The summed E-state index contributed by atoms with van der Waals surface area (Å²) in [6.45, 7) is 10.0. The first-order chi connectivity index (χ1) is 13.6. The maximum atomic E-state index is 12.8. The highest BCUT2D eigenvalue weighted by molar-refractivity contribution is 6.05. The van der Waals surface area contributed by atoms with Crippen molar-refractivity contribution in [1.29, 1.82) is 0 Å². The zero-order valence-corrected chi connectivity index (χ0v) is 17.3. The van der Waals surface area contributed by atoms with Crippen LogP contribution in [0.1, 0.15) is 62.9 Å². The predicted octanol–water partition coefficient (Wildman–Crippen LogP) is 2.25. The van der Waals surface area contributed by atoms with Crippen molar-refractivity contribution >= 4 is 23.3 Å². The number of hydrogen-bond donors (Lipinski definition) is 1. The van der Waals surface area contributed by atoms with Crippen LogP contribution in [0, 0.1) is 27.7 Å². The summed E-state index contributed by atoms with van der Waals surface area (Å²) < 4.78 is 6.93. The molecule has 1 atom stereocenters. The summed E-state index contributed by atoms with van der Waals surface area (Å²) >= 11 is 0. The van der Waals surface area contributed by atoms with E-state index in [1.807, 2.05) is 6.92 Å². The van der Waals surface area contributed by atoms with Gasteiger partial charge in [0.25, 0.3) is 5.78 Å². The van der Waals surface area contributed by atoms with Gasteiger partial charge in [-0.3, -0.25) is 14.4 Å². The van der Waals surface area contributed by atoms with E-state index in [1.54, 1.807) is 25.3 Å². The van der Waals surface area contributed by atoms with Crippen LogP contribution in [0.4, 0.5) is 0 Å². The van der Waals surface area contributed by atoms with Crippen LogP contribution in [0.2, 0.25) is 0 Å². The summed E-state index contributed by atoms with van der Waals surface area (Å²) in [6.07, 6.45) is 0.357. The maximum absolute atomic E-state index is 12.8. The third-order valence-electron chi connectivity index (χ3n) is 5.02. The van der Waals surface area contributed by atoms with Gasteiger partial charge in [-0.2, -0.15) is 10.1 Å². The Morgan fingerprint density at radius 3 is 2.52 bits per heavy atom. The highest BCUT2D eigenvalue weighted by Gasteiger charge is 2.26. The number of Topliss-reactive ketones (excluding diaryl/α,β-unsaturated/α-hetero) is 2. The largest absolute Gasteiger partial charge is 0.454 e. The van der Waals surface area contributed by atoms with Crippen molar-refractivity contribution in [3.05, 3.63) is 45.8 Å². The highest BCUT2D eigenvalue weighted by atomic mass is 16.5. The Bertz CT molecular complexity index is 1140. The van der Waals surface area contributed by atoms with Crippen molar-refractivity contribution in [3.8, 4) is 0 Å². The van der Waals surface area contributed by atoms with E-state index in [1.165, 1.54) is 20.2 Å². The first-order valence-electron chi connectivity index (χ1n) is 9.21. The molecule has 9 heteroatoms. The Morgan fingerprint density at radius 2 is 1.90 bits per heavy atom. The molecule has 3 aromatic rings. The van der Waals surface area contributed by atoms with Gasteiger partial charge in [0.15, 0.2) is 11.9 Å². The molecule has 0 aliphatic heterocycles. The molecule has 0 bridgehead atoms. The smallest absolute Gasteiger partial charge is 0.311 e. The fourth-order valence-electron chi connectivity index (χ4n) is 3.58. The zero-order chi connectivity index (χ0) is 21.5. The third-order valence-corrected chi connectivity index (χ3v) is 5.02. The van der Waals surface area contributed by atoms with E-state index >= 15 is 0 Å². The van der Waals surface area contributed by atoms with Gasteiger partial charge in [0.1, 0.15) is 6.33 Å². The summed E-state index contributed by atoms with van der Waals surface area (Å²) in [7, 11) is 0. The molecule has 1 N–H and O–H groups in total. The molecule has 0 aliphatic carbocycles. The second-order valence-corrected chi connectivity index (χ2v) is 7.09. The number of aromatic nitrogens is 5. The number of hydrogen-bond acceptors (Lipinski definition) is 7. The average Bonchev–Trinajstić information content (AvgIpc) is 3.21. The summed E-state index contributed by atoms with van der Waals surface area (Å²) in [6, 6.07) is 0. The van der Waals surface area contributed by atoms with E-state index in [0.717, 1.165) is 5.69 Å². The van der Waals surface area contributed by atoms with Gasteiger partial charge in [-0.15, -0.1) is 0 Å². The Hall–Kier alpha value is -3.36. The monoisotopic (exact) mass is 397 g/mol. The number of nitrogens with zero attached hydrogens (tertiary/aromatic N) is 4. The molecule has 9 nitrogen and oxygen atoms in total. The number of H-pyrrole nitrogens is 1. The number of rotatable bonds is 6. The number of fused-ring (bicyclic) bond motifs is 1. The van der Waals surface area contributed by atoms with Crippen molar-refractivity contribution in [3.63, 3.8) is 0 Å². The lowest BCUT2D eigenvalue weighted by atomic mass is 10.0. The number of aryl methyl sites for hydroxylation is 3. The number of carbonyl (C=O) groups excluding carboxylic acids is 3. The minimum absolute atomic E-state index is 0.0421. The normalized spacial score (nSPS) is 12.2. The lowest BCUT2D eigenvalue weighted by Crippen LogP contribution is -2.26. The van der Waals surface area contributed by atoms with Crippen LogP contribution < -0.4 is 0 Å². The number of ketones is 2. The molecule has 0 aromatic carbocycles. The topological polar surface area (TPSA) is 119 Å². The van der Waals surface area contributed by atoms with Crippen molar-refractivity contribution in [2.24, 2.45) is 0 Å². The van der Waals surface area contributed by atoms with E-state index in [0.29, 0.717) is 33.9 Å². The minimum Gasteiger partial charge on any atom is -0.454 e. The van der Waals surface area contributed by atoms with E-state index in [4.69, 9.17) is 4.74 Å². The first kappa shape index (κ1) is 20.4. The Morgan fingerprint density at radius 1 is 1.21 bits per heavy atom. The molecule has 0 saturated carbocycles. The summed E-state index contributed by atoms with van der Waals surface area (Å²) in [5, 5.41) is 4.10. The molecule has 3 aromatic heterocycles. The molecule has 0 unspecified atom stereocenters. The SMILES string of the molecule is CC(=O)c1c(C)[nH]c(C(=O)[C@@H](C)OC(=O)Cc2c(C)nc3ncnn3c2C)c1C. The van der Waals surface area contributed by atoms with Gasteiger partial charge in [0.2, 0.25) is 5.78 Å². The third kappa shape index (κ3) is 3.67. The molecule has 3 rings (SSSR count). The predicted molar refractivity (Wildman–Crippen MR) is 104 cm³/mol. The first-order valence-corrected chi connectivity index (χ1v) is 9.21. The molecule has 0 aliphatic rings. The number of nitrogens with one attached hydrogen (secondary N) is 1. The second-order valence-electron chi connectivity index (χ2n) is 7.09. The quantitative estimate of drug-likeness (QED) is 0.500. The van der Waals surface area contributed by atoms with Crippen molar-refractivity contribution in [1.82, 2.24) is 24.6 Å². The van der Waals surface area contributed by atoms with Crippen molar-refractivity contribution in [2.75, 3.05) is 0 Å². The molecular weight excluding hydrogens is 374 g/mol. The van der Waals surface area contributed by atoms with E-state index in [2.05, 4.69) is 20.1 Å². The molecule has 3 heterocycles. The molecule has 29 heavy (non-hydrogen) atoms. The molecule has 0 amide bonds. The van der Waals surface area contributed by atoms with Crippen LogP contribution in [0.5, 0.6) is 0 Å². The standard InChI is InChI=1S/C20H23N5O4/c1-9-17(13(5)26)11(3)23-18(9)19(28)14(6)29-16(27)7-15-10(2)24-20-21-8-22-25(20)12(15)4/h8,14,23H,7H2,1-6H3/t14-/m1/s1. The van der Waals surface area contributed by atoms with Gasteiger partial charge in [0, 0.05) is 28.2 Å². The number of carbonyl (C=O) groups is 3. The van der Waals surface area contributed by atoms with Crippen LogP contribution in [0.15, 0.2) is 6.33 Å².